The number of nitrogens with one attached hydrogen (secondary N) is 1. The molecule has 8 heteroatoms. The van der Waals surface area contributed by atoms with Gasteiger partial charge in [-0.15, -0.1) is 0 Å². The second-order valence-corrected chi connectivity index (χ2v) is 7.86. The van der Waals surface area contributed by atoms with Crippen molar-refractivity contribution in [1.29, 1.82) is 0 Å². The number of carbonyl (C=O) groups excluding carboxylic acids is 2. The van der Waals surface area contributed by atoms with E-state index in [2.05, 4.69) is 5.32 Å². The molecule has 0 unspecified atom stereocenters. The molecule has 1 N–H and O–H groups in total. The Balaban J connectivity index is 1.30. The van der Waals surface area contributed by atoms with Crippen LogP contribution in [0.1, 0.15) is 0 Å². The van der Waals surface area contributed by atoms with E-state index in [1.165, 1.54) is 18.2 Å². The fourth-order valence-corrected chi connectivity index (χ4v) is 4.86. The van der Waals surface area contributed by atoms with E-state index in [1.807, 2.05) is 12.2 Å². The summed E-state index contributed by atoms with van der Waals surface area (Å²) in [4.78, 5) is 28.1. The molecule has 152 valence electrons. The Hall–Kier alpha value is -3.39. The minimum atomic E-state index is -0.845. The van der Waals surface area contributed by atoms with E-state index in [1.54, 1.807) is 29.2 Å². The third-order valence-corrected chi connectivity index (χ3v) is 6.16. The Labute approximate surface area is 171 Å². The van der Waals surface area contributed by atoms with E-state index < -0.39 is 29.4 Å². The van der Waals surface area contributed by atoms with Gasteiger partial charge in [-0.05, 0) is 30.3 Å². The van der Waals surface area contributed by atoms with Crippen LogP contribution in [0.2, 0.25) is 0 Å². The lowest BCUT2D eigenvalue weighted by Crippen LogP contribution is -2.41. The predicted molar refractivity (Wildman–Crippen MR) is 104 cm³/mol. The van der Waals surface area contributed by atoms with E-state index >= 15 is 0 Å². The molecule has 2 aromatic rings. The Morgan fingerprint density at radius 2 is 2.03 bits per heavy atom. The molecule has 30 heavy (non-hydrogen) atoms. The average molecular weight is 408 g/mol. The van der Waals surface area contributed by atoms with Gasteiger partial charge in [0.25, 0.3) is 0 Å². The number of carbonyl (C=O) groups is 2. The lowest BCUT2D eigenvalue weighted by Gasteiger charge is -2.23. The summed E-state index contributed by atoms with van der Waals surface area (Å²) < 4.78 is 30.4. The highest BCUT2D eigenvalue weighted by molar-refractivity contribution is 6.05. The number of amides is 2. The van der Waals surface area contributed by atoms with Crippen molar-refractivity contribution in [3.8, 4) is 11.5 Å². The van der Waals surface area contributed by atoms with E-state index in [4.69, 9.17) is 14.2 Å². The molecule has 0 saturated carbocycles. The van der Waals surface area contributed by atoms with Crippen molar-refractivity contribution in [3.63, 3.8) is 0 Å². The summed E-state index contributed by atoms with van der Waals surface area (Å²) in [5.41, 5.74) is 0.166. The lowest BCUT2D eigenvalue weighted by molar-refractivity contribution is -0.128. The summed E-state index contributed by atoms with van der Waals surface area (Å²) >= 11 is 0. The number of hydrogen-bond acceptors (Lipinski definition) is 5. The SMILES string of the molecule is O=C(Nc1cccc(F)c1)[C@H]1[C@H]2C=C[C@]3(CN(c4ccc5c(c4)OCO5)C(=O)[C@@H]13)O2. The molecule has 4 atom stereocenters. The summed E-state index contributed by atoms with van der Waals surface area (Å²) in [6.45, 7) is 0.460. The summed E-state index contributed by atoms with van der Waals surface area (Å²) in [6.07, 6.45) is 3.24. The monoisotopic (exact) mass is 408 g/mol. The molecule has 2 fully saturated rings. The molecule has 6 rings (SSSR count). The molecule has 2 amide bonds. The molecule has 4 heterocycles. The van der Waals surface area contributed by atoms with Gasteiger partial charge in [0.2, 0.25) is 18.6 Å². The normalized spacial score (nSPS) is 30.1. The fraction of sp³-hybridized carbons (Fsp3) is 0.273. The first-order valence-electron chi connectivity index (χ1n) is 9.69. The summed E-state index contributed by atoms with van der Waals surface area (Å²) in [6, 6.07) is 11.0. The molecular formula is C22H17FN2O5. The summed E-state index contributed by atoms with van der Waals surface area (Å²) in [7, 11) is 0. The van der Waals surface area contributed by atoms with Gasteiger partial charge < -0.3 is 24.4 Å². The maximum Gasteiger partial charge on any atom is 0.234 e. The predicted octanol–water partition coefficient (Wildman–Crippen LogP) is 2.48. The number of ether oxygens (including phenoxy) is 3. The largest absolute Gasteiger partial charge is 0.454 e. The van der Waals surface area contributed by atoms with E-state index in [9.17, 15) is 14.0 Å². The van der Waals surface area contributed by atoms with Crippen LogP contribution in [0.15, 0.2) is 54.6 Å². The van der Waals surface area contributed by atoms with Crippen LogP contribution in [-0.4, -0.2) is 36.9 Å². The lowest BCUT2D eigenvalue weighted by atomic mass is 9.77. The standard InChI is InChI=1S/C22H17FN2O5/c23-12-2-1-3-13(8-12)24-20(26)18-16-6-7-22(30-16)10-25(21(27)19(18)22)14-4-5-15-17(9-14)29-11-28-15/h1-9,16,18-19H,10-11H2,(H,24,26)/t16-,18+,19-,22-/m1/s1. The third-order valence-electron chi connectivity index (χ3n) is 6.16. The van der Waals surface area contributed by atoms with Gasteiger partial charge >= 0.3 is 0 Å². The maximum atomic E-state index is 13.5. The minimum absolute atomic E-state index is 0.148. The summed E-state index contributed by atoms with van der Waals surface area (Å²) in [5, 5.41) is 2.73. The second kappa shape index (κ2) is 6.06. The molecule has 7 nitrogen and oxygen atoms in total. The van der Waals surface area contributed by atoms with Gasteiger partial charge in [0.05, 0.1) is 24.5 Å². The average Bonchev–Trinajstić information content (AvgIpc) is 3.48. The van der Waals surface area contributed by atoms with Crippen LogP contribution < -0.4 is 19.7 Å². The van der Waals surface area contributed by atoms with Gasteiger partial charge in [-0.2, -0.15) is 0 Å². The Kier molecular flexibility index (Phi) is 3.53. The quantitative estimate of drug-likeness (QED) is 0.790. The van der Waals surface area contributed by atoms with Crippen LogP contribution in [0.5, 0.6) is 11.5 Å². The molecule has 2 saturated heterocycles. The molecule has 0 aliphatic carbocycles. The number of fused-ring (bicyclic) bond motifs is 2. The zero-order chi connectivity index (χ0) is 20.5. The van der Waals surface area contributed by atoms with E-state index in [0.717, 1.165) is 0 Å². The van der Waals surface area contributed by atoms with Gasteiger partial charge in [-0.25, -0.2) is 4.39 Å². The second-order valence-electron chi connectivity index (χ2n) is 7.86. The fourth-order valence-electron chi connectivity index (χ4n) is 4.86. The number of hydrogen-bond donors (Lipinski definition) is 1. The van der Waals surface area contributed by atoms with Crippen molar-refractivity contribution >= 4 is 23.2 Å². The molecular weight excluding hydrogens is 391 g/mol. The van der Waals surface area contributed by atoms with Gasteiger partial charge in [-0.1, -0.05) is 18.2 Å². The zero-order valence-electron chi connectivity index (χ0n) is 15.7. The number of halogens is 1. The molecule has 0 aromatic heterocycles. The van der Waals surface area contributed by atoms with Crippen molar-refractivity contribution in [2.24, 2.45) is 11.8 Å². The third kappa shape index (κ3) is 2.40. The van der Waals surface area contributed by atoms with Gasteiger partial charge in [0, 0.05) is 17.4 Å². The molecule has 0 radical (unpaired) electrons. The molecule has 2 bridgehead atoms. The molecule has 1 spiro atoms. The molecule has 4 aliphatic rings. The minimum Gasteiger partial charge on any atom is -0.454 e. The van der Waals surface area contributed by atoms with Crippen LogP contribution in [0.4, 0.5) is 15.8 Å². The highest BCUT2D eigenvalue weighted by Gasteiger charge is 2.67. The van der Waals surface area contributed by atoms with Crippen molar-refractivity contribution < 1.29 is 28.2 Å². The highest BCUT2D eigenvalue weighted by atomic mass is 19.1. The van der Waals surface area contributed by atoms with Crippen LogP contribution >= 0.6 is 0 Å². The Bertz CT molecular complexity index is 1120. The van der Waals surface area contributed by atoms with Gasteiger partial charge in [-0.3, -0.25) is 9.59 Å². The highest BCUT2D eigenvalue weighted by Crippen LogP contribution is 2.53. The smallest absolute Gasteiger partial charge is 0.234 e. The van der Waals surface area contributed by atoms with Gasteiger partial charge in [0.1, 0.15) is 11.4 Å². The maximum absolute atomic E-state index is 13.5. The Morgan fingerprint density at radius 1 is 1.17 bits per heavy atom. The molecule has 2 aromatic carbocycles. The number of nitrogens with zero attached hydrogens (tertiary/aromatic N) is 1. The van der Waals surface area contributed by atoms with Crippen LogP contribution in [0.25, 0.3) is 0 Å². The van der Waals surface area contributed by atoms with Gasteiger partial charge in [0.15, 0.2) is 11.5 Å². The first kappa shape index (κ1) is 17.5. The first-order chi connectivity index (χ1) is 14.5. The van der Waals surface area contributed by atoms with Crippen LogP contribution in [0, 0.1) is 17.7 Å². The van der Waals surface area contributed by atoms with Crippen molar-refractivity contribution in [3.05, 3.63) is 60.4 Å². The number of anilines is 2. The van der Waals surface area contributed by atoms with Crippen molar-refractivity contribution in [2.75, 3.05) is 23.6 Å². The first-order valence-corrected chi connectivity index (χ1v) is 9.69. The Morgan fingerprint density at radius 3 is 2.90 bits per heavy atom. The zero-order valence-corrected chi connectivity index (χ0v) is 15.7. The van der Waals surface area contributed by atoms with E-state index in [0.29, 0.717) is 29.4 Å². The van der Waals surface area contributed by atoms with E-state index in [-0.39, 0.29) is 18.6 Å². The van der Waals surface area contributed by atoms with Crippen molar-refractivity contribution in [2.45, 2.75) is 11.7 Å². The number of benzene rings is 2. The summed E-state index contributed by atoms with van der Waals surface area (Å²) in [5.74, 6) is -1.11. The van der Waals surface area contributed by atoms with Crippen molar-refractivity contribution in [1.82, 2.24) is 0 Å². The van der Waals surface area contributed by atoms with Crippen LogP contribution in [0.3, 0.4) is 0 Å². The van der Waals surface area contributed by atoms with Crippen LogP contribution in [-0.2, 0) is 14.3 Å². The number of rotatable bonds is 3. The molecule has 4 aliphatic heterocycles. The topological polar surface area (TPSA) is 77.1 Å².